The van der Waals surface area contributed by atoms with Crippen LogP contribution >= 0.6 is 0 Å². The summed E-state index contributed by atoms with van der Waals surface area (Å²) in [7, 11) is 3.30. The first-order valence-electron chi connectivity index (χ1n) is 14.2. The Morgan fingerprint density at radius 3 is 1.91 bits per heavy atom. The van der Waals surface area contributed by atoms with E-state index in [1.54, 1.807) is 12.2 Å². The maximum Gasteiger partial charge on any atom is 0.320 e. The molecule has 0 aliphatic rings. The van der Waals surface area contributed by atoms with Crippen molar-refractivity contribution in [2.75, 3.05) is 27.2 Å². The van der Waals surface area contributed by atoms with Crippen molar-refractivity contribution < 1.29 is 24.2 Å². The zero-order valence-corrected chi connectivity index (χ0v) is 23.3. The van der Waals surface area contributed by atoms with E-state index in [-0.39, 0.29) is 24.9 Å². The van der Waals surface area contributed by atoms with Gasteiger partial charge in [-0.2, -0.15) is 0 Å². The van der Waals surface area contributed by atoms with Crippen molar-refractivity contribution in [1.82, 2.24) is 4.90 Å². The average molecular weight is 498 g/mol. The molecule has 0 saturated heterocycles. The lowest BCUT2D eigenvalue weighted by Gasteiger charge is -2.24. The Labute approximate surface area is 215 Å². The van der Waals surface area contributed by atoms with Gasteiger partial charge in [-0.15, -0.1) is 0 Å². The van der Waals surface area contributed by atoms with Gasteiger partial charge in [0.1, 0.15) is 6.10 Å². The Kier molecular flexibility index (Phi) is 23.3. The summed E-state index contributed by atoms with van der Waals surface area (Å²) in [6.45, 7) is 5.50. The Morgan fingerprint density at radius 2 is 1.34 bits per heavy atom. The van der Waals surface area contributed by atoms with E-state index in [2.05, 4.69) is 18.6 Å². The first-order valence-corrected chi connectivity index (χ1v) is 14.2. The Hall–Kier alpha value is -1.40. The number of nitrogens with zero attached hydrogens (tertiary/aromatic N) is 1. The first-order chi connectivity index (χ1) is 16.9. The second kappa shape index (κ2) is 24.3. The third kappa shape index (κ3) is 21.6. The van der Waals surface area contributed by atoms with E-state index in [0.717, 1.165) is 32.2 Å². The fourth-order valence-electron chi connectivity index (χ4n) is 4.13. The molecule has 2 unspecified atom stereocenters. The molecule has 1 N–H and O–H groups in total. The molecule has 6 nitrogen and oxygen atoms in total. The van der Waals surface area contributed by atoms with Gasteiger partial charge in [0.2, 0.25) is 0 Å². The lowest BCUT2D eigenvalue weighted by Crippen LogP contribution is -2.35. The first kappa shape index (κ1) is 33.6. The molecule has 0 spiro atoms. The van der Waals surface area contributed by atoms with Gasteiger partial charge in [0, 0.05) is 0 Å². The number of esters is 2. The minimum atomic E-state index is -0.776. The van der Waals surface area contributed by atoms with Crippen LogP contribution in [-0.2, 0) is 19.1 Å². The molecule has 0 aliphatic heterocycles. The van der Waals surface area contributed by atoms with Crippen LogP contribution in [0.4, 0.5) is 0 Å². The predicted molar refractivity (Wildman–Crippen MR) is 144 cm³/mol. The van der Waals surface area contributed by atoms with Crippen molar-refractivity contribution in [3.63, 3.8) is 0 Å². The molecule has 0 heterocycles. The maximum absolute atomic E-state index is 12.5. The Morgan fingerprint density at radius 1 is 0.800 bits per heavy atom. The number of likely N-dealkylation sites (N-methyl/N-ethyl adjacent to an activating group) is 1. The van der Waals surface area contributed by atoms with Gasteiger partial charge in [-0.3, -0.25) is 14.5 Å². The minimum Gasteiger partial charge on any atom is -0.469 e. The Bertz CT molecular complexity index is 537. The number of aliphatic hydroxyl groups excluding tert-OH is 1. The van der Waals surface area contributed by atoms with Crippen molar-refractivity contribution in [1.29, 1.82) is 0 Å². The van der Waals surface area contributed by atoms with Crippen LogP contribution in [0.1, 0.15) is 123 Å². The number of carbonyl (C=O) groups is 2. The van der Waals surface area contributed by atoms with Crippen LogP contribution in [0.25, 0.3) is 0 Å². The average Bonchev–Trinajstić information content (AvgIpc) is 2.84. The second-order valence-corrected chi connectivity index (χ2v) is 9.85. The minimum absolute atomic E-state index is 0.174. The second-order valence-electron chi connectivity index (χ2n) is 9.85. The van der Waals surface area contributed by atoms with E-state index in [1.807, 2.05) is 11.9 Å². The quantitative estimate of drug-likeness (QED) is 0.0921. The number of methoxy groups -OCH3 is 1. The van der Waals surface area contributed by atoms with Crippen LogP contribution in [0.5, 0.6) is 0 Å². The highest BCUT2D eigenvalue weighted by Gasteiger charge is 2.22. The van der Waals surface area contributed by atoms with Crippen molar-refractivity contribution in [2.24, 2.45) is 0 Å². The molecule has 2 atom stereocenters. The summed E-state index contributed by atoms with van der Waals surface area (Å²) >= 11 is 0. The van der Waals surface area contributed by atoms with Gasteiger partial charge < -0.3 is 14.6 Å². The summed E-state index contributed by atoms with van der Waals surface area (Å²) in [4.78, 5) is 25.7. The van der Waals surface area contributed by atoms with Gasteiger partial charge in [0.15, 0.2) is 0 Å². The smallest absolute Gasteiger partial charge is 0.320 e. The largest absolute Gasteiger partial charge is 0.469 e. The van der Waals surface area contributed by atoms with E-state index < -0.39 is 12.2 Å². The van der Waals surface area contributed by atoms with E-state index in [4.69, 9.17) is 4.74 Å². The SMILES string of the molecule is CCCCCCCCCCCCCN(C)CC(=O)OC(CCCCC)C(O)CC=CCC(=O)OC. The highest BCUT2D eigenvalue weighted by atomic mass is 16.6. The molecule has 0 aromatic carbocycles. The number of rotatable bonds is 24. The van der Waals surface area contributed by atoms with E-state index in [9.17, 15) is 14.7 Å². The third-order valence-electron chi connectivity index (χ3n) is 6.40. The van der Waals surface area contributed by atoms with E-state index >= 15 is 0 Å². The normalized spacial score (nSPS) is 13.3. The fourth-order valence-corrected chi connectivity index (χ4v) is 4.13. The molecule has 206 valence electrons. The van der Waals surface area contributed by atoms with E-state index in [0.29, 0.717) is 12.8 Å². The molecular formula is C29H55NO5. The lowest BCUT2D eigenvalue weighted by molar-refractivity contribution is -0.156. The fraction of sp³-hybridized carbons (Fsp3) is 0.862. The standard InChI is InChI=1S/C29H55NO5/c1-5-7-9-10-11-12-13-14-15-16-20-24-30(3)25-29(33)35-27(22-17-8-6-2)26(31)21-18-19-23-28(32)34-4/h18-19,26-27,31H,5-17,20-25H2,1-4H3. The van der Waals surface area contributed by atoms with Crippen LogP contribution in [-0.4, -0.2) is 61.4 Å². The highest BCUT2D eigenvalue weighted by Crippen LogP contribution is 2.15. The number of carbonyl (C=O) groups excluding carboxylic acids is 2. The van der Waals surface area contributed by atoms with Gasteiger partial charge in [0.05, 0.1) is 26.2 Å². The van der Waals surface area contributed by atoms with Crippen LogP contribution in [0.2, 0.25) is 0 Å². The van der Waals surface area contributed by atoms with Gasteiger partial charge in [-0.05, 0) is 39.3 Å². The van der Waals surface area contributed by atoms with Crippen LogP contribution in [0.3, 0.4) is 0 Å². The van der Waals surface area contributed by atoms with E-state index in [1.165, 1.54) is 71.3 Å². The molecule has 0 radical (unpaired) electrons. The summed E-state index contributed by atoms with van der Waals surface area (Å²) in [5, 5.41) is 10.6. The zero-order valence-electron chi connectivity index (χ0n) is 23.3. The van der Waals surface area contributed by atoms with Crippen molar-refractivity contribution in [2.45, 2.75) is 135 Å². The summed E-state index contributed by atoms with van der Waals surface area (Å²) < 4.78 is 10.3. The molecule has 0 saturated carbocycles. The van der Waals surface area contributed by atoms with Gasteiger partial charge in [-0.25, -0.2) is 0 Å². The summed E-state index contributed by atoms with van der Waals surface area (Å²) in [5.74, 6) is -0.600. The molecule has 0 aromatic heterocycles. The summed E-state index contributed by atoms with van der Waals surface area (Å²) in [6.07, 6.45) is 20.7. The molecule has 0 rings (SSSR count). The topological polar surface area (TPSA) is 76.1 Å². The number of hydrogen-bond acceptors (Lipinski definition) is 6. The van der Waals surface area contributed by atoms with Crippen LogP contribution in [0, 0.1) is 0 Å². The van der Waals surface area contributed by atoms with Crippen molar-refractivity contribution in [3.05, 3.63) is 12.2 Å². The zero-order chi connectivity index (χ0) is 26.2. The van der Waals surface area contributed by atoms with Gasteiger partial charge in [0.25, 0.3) is 0 Å². The highest BCUT2D eigenvalue weighted by molar-refractivity contribution is 5.72. The molecule has 0 aliphatic carbocycles. The molecule has 6 heteroatoms. The summed E-state index contributed by atoms with van der Waals surface area (Å²) in [5.41, 5.74) is 0. The Balaban J connectivity index is 4.15. The van der Waals surface area contributed by atoms with Gasteiger partial charge >= 0.3 is 11.9 Å². The number of unbranched alkanes of at least 4 members (excludes halogenated alkanes) is 12. The molecule has 0 bridgehead atoms. The monoisotopic (exact) mass is 497 g/mol. The van der Waals surface area contributed by atoms with Crippen molar-refractivity contribution >= 4 is 11.9 Å². The number of ether oxygens (including phenoxy) is 2. The molecular weight excluding hydrogens is 442 g/mol. The number of aliphatic hydroxyl groups is 1. The van der Waals surface area contributed by atoms with Crippen LogP contribution in [0.15, 0.2) is 12.2 Å². The third-order valence-corrected chi connectivity index (χ3v) is 6.40. The number of hydrogen-bond donors (Lipinski definition) is 1. The molecule has 0 fully saturated rings. The molecule has 35 heavy (non-hydrogen) atoms. The lowest BCUT2D eigenvalue weighted by atomic mass is 10.0. The van der Waals surface area contributed by atoms with Crippen LogP contribution < -0.4 is 0 Å². The van der Waals surface area contributed by atoms with Gasteiger partial charge in [-0.1, -0.05) is 103 Å². The summed E-state index contributed by atoms with van der Waals surface area (Å²) in [6, 6.07) is 0. The molecule has 0 amide bonds. The maximum atomic E-state index is 12.5. The predicted octanol–water partition coefficient (Wildman–Crippen LogP) is 6.59. The van der Waals surface area contributed by atoms with Crippen molar-refractivity contribution in [3.8, 4) is 0 Å². The molecule has 0 aromatic rings.